The van der Waals surface area contributed by atoms with Gasteiger partial charge in [-0.1, -0.05) is 29.5 Å². The van der Waals surface area contributed by atoms with Crippen molar-refractivity contribution >= 4 is 11.9 Å². The van der Waals surface area contributed by atoms with Gasteiger partial charge in [0.25, 0.3) is 0 Å². The Labute approximate surface area is 236 Å². The minimum absolute atomic E-state index is 0.408. The largest absolute Gasteiger partial charge is 0.490 e. The number of benzene rings is 1. The van der Waals surface area contributed by atoms with Crippen LogP contribution < -0.4 is 5.73 Å². The smallest absolute Gasteiger partial charge is 0.475 e. The van der Waals surface area contributed by atoms with E-state index in [-0.39, 0.29) is 0 Å². The van der Waals surface area contributed by atoms with Crippen LogP contribution in [0.4, 0.5) is 26.3 Å². The lowest BCUT2D eigenvalue weighted by atomic mass is 10.0. The number of piperidine rings is 1. The van der Waals surface area contributed by atoms with Crippen molar-refractivity contribution in [2.24, 2.45) is 5.73 Å². The van der Waals surface area contributed by atoms with Crippen molar-refractivity contribution in [2.45, 2.75) is 63.7 Å². The Balaban J connectivity index is 0.000000367. The number of aliphatic carboxylic acids is 2. The summed E-state index contributed by atoms with van der Waals surface area (Å²) in [7, 11) is 0. The fourth-order valence-electron chi connectivity index (χ4n) is 3.76. The number of carboxylic acid groups (broad SMARTS) is 2. The van der Waals surface area contributed by atoms with Gasteiger partial charge in [-0.2, -0.15) is 31.4 Å². The Morgan fingerprint density at radius 3 is 1.90 bits per heavy atom. The molecule has 0 aliphatic carbocycles. The molecule has 3 heterocycles. The first-order valence-electron chi connectivity index (χ1n) is 12.4. The minimum atomic E-state index is -5.08. The number of hydrogen-bond donors (Lipinski definition) is 3. The van der Waals surface area contributed by atoms with E-state index in [1.54, 1.807) is 0 Å². The third-order valence-electron chi connectivity index (χ3n) is 5.89. The summed E-state index contributed by atoms with van der Waals surface area (Å²) in [4.78, 5) is 20.3. The van der Waals surface area contributed by atoms with E-state index in [9.17, 15) is 26.3 Å². The van der Waals surface area contributed by atoms with Crippen molar-refractivity contribution in [1.82, 2.24) is 29.7 Å². The quantitative estimate of drug-likeness (QED) is 0.355. The van der Waals surface area contributed by atoms with Crippen molar-refractivity contribution in [1.29, 1.82) is 0 Å². The molecule has 0 atom stereocenters. The van der Waals surface area contributed by atoms with Gasteiger partial charge in [0.2, 0.25) is 0 Å². The van der Waals surface area contributed by atoms with Crippen molar-refractivity contribution in [3.05, 3.63) is 65.7 Å². The highest BCUT2D eigenvalue weighted by Crippen LogP contribution is 2.24. The fraction of sp³-hybridized carbons (Fsp3) is 0.480. The second kappa shape index (κ2) is 14.3. The molecule has 0 bridgehead atoms. The molecule has 1 aromatic carbocycles. The van der Waals surface area contributed by atoms with Crippen LogP contribution in [0.15, 0.2) is 48.9 Å². The zero-order valence-corrected chi connectivity index (χ0v) is 22.7. The second-order valence-corrected chi connectivity index (χ2v) is 9.94. The van der Waals surface area contributed by atoms with Crippen LogP contribution in [-0.2, 0) is 28.2 Å². The van der Waals surface area contributed by atoms with Gasteiger partial charge >= 0.3 is 24.3 Å². The number of carbonyl (C=O) groups is 2. The van der Waals surface area contributed by atoms with Gasteiger partial charge in [0.1, 0.15) is 5.69 Å². The van der Waals surface area contributed by atoms with Crippen LogP contribution in [-0.4, -0.2) is 77.3 Å². The molecule has 0 amide bonds. The lowest BCUT2D eigenvalue weighted by Crippen LogP contribution is -2.34. The van der Waals surface area contributed by atoms with Gasteiger partial charge in [-0.15, -0.1) is 5.10 Å². The first-order chi connectivity index (χ1) is 19.4. The Hall–Kier alpha value is -3.99. The van der Waals surface area contributed by atoms with E-state index in [0.717, 1.165) is 44.7 Å². The predicted molar refractivity (Wildman–Crippen MR) is 136 cm³/mol. The molecular weight excluding hydrogens is 576 g/mol. The van der Waals surface area contributed by atoms with E-state index in [4.69, 9.17) is 25.5 Å². The van der Waals surface area contributed by atoms with Crippen LogP contribution in [0, 0.1) is 0 Å². The van der Waals surface area contributed by atoms with Crippen molar-refractivity contribution in [3.8, 4) is 0 Å². The third-order valence-corrected chi connectivity index (χ3v) is 5.89. The lowest BCUT2D eigenvalue weighted by Gasteiger charge is -2.31. The van der Waals surface area contributed by atoms with Crippen LogP contribution in [0.3, 0.4) is 0 Å². The van der Waals surface area contributed by atoms with Gasteiger partial charge in [0.05, 0.1) is 24.3 Å². The van der Waals surface area contributed by atoms with Crippen molar-refractivity contribution in [3.63, 3.8) is 0 Å². The van der Waals surface area contributed by atoms with Crippen LogP contribution in [0.25, 0.3) is 0 Å². The van der Waals surface area contributed by atoms with Gasteiger partial charge < -0.3 is 15.9 Å². The molecule has 2 aromatic heterocycles. The summed E-state index contributed by atoms with van der Waals surface area (Å²) in [6.45, 7) is 7.85. The monoisotopic (exact) mass is 607 g/mol. The molecule has 11 nitrogen and oxygen atoms in total. The molecule has 1 aliphatic rings. The first kappa shape index (κ1) is 34.2. The first-order valence-corrected chi connectivity index (χ1v) is 12.4. The molecule has 4 N–H and O–H groups in total. The van der Waals surface area contributed by atoms with E-state index < -0.39 is 29.8 Å². The zero-order valence-electron chi connectivity index (χ0n) is 22.7. The molecule has 1 fully saturated rings. The summed E-state index contributed by atoms with van der Waals surface area (Å²) in [5.74, 6) is -5.51. The Morgan fingerprint density at radius 2 is 1.48 bits per heavy atom. The normalized spacial score (nSPS) is 14.8. The summed E-state index contributed by atoms with van der Waals surface area (Å²) < 4.78 is 67.4. The SMILES string of the molecule is CC(C)(N)c1cn(C2CCN(Cc3cccc(Cn4cccn4)c3)CC2)nn1.O=C(O)C(F)(F)F.O=C(O)C(F)(F)F. The van der Waals surface area contributed by atoms with Gasteiger partial charge in [-0.05, 0) is 43.9 Å². The Kier molecular flexibility index (Phi) is 11.6. The molecule has 42 heavy (non-hydrogen) atoms. The van der Waals surface area contributed by atoms with E-state index in [1.807, 2.05) is 47.9 Å². The maximum absolute atomic E-state index is 10.6. The molecule has 0 radical (unpaired) electrons. The summed E-state index contributed by atoms with van der Waals surface area (Å²) in [5.41, 5.74) is 9.18. The van der Waals surface area contributed by atoms with Crippen LogP contribution in [0.2, 0.25) is 0 Å². The van der Waals surface area contributed by atoms with Gasteiger partial charge in [-0.3, -0.25) is 9.58 Å². The number of rotatable bonds is 6. The van der Waals surface area contributed by atoms with Crippen LogP contribution in [0.1, 0.15) is 49.6 Å². The number of likely N-dealkylation sites (tertiary alicyclic amines) is 1. The topological polar surface area (TPSA) is 152 Å². The van der Waals surface area contributed by atoms with E-state index in [2.05, 4.69) is 44.6 Å². The molecule has 1 saturated heterocycles. The van der Waals surface area contributed by atoms with Gasteiger partial charge in [0.15, 0.2) is 0 Å². The zero-order chi connectivity index (χ0) is 31.7. The number of nitrogens with zero attached hydrogens (tertiary/aromatic N) is 6. The third kappa shape index (κ3) is 11.5. The highest BCUT2D eigenvalue weighted by molar-refractivity contribution is 5.73. The van der Waals surface area contributed by atoms with Crippen molar-refractivity contribution in [2.75, 3.05) is 13.1 Å². The number of carboxylic acids is 2. The highest BCUT2D eigenvalue weighted by atomic mass is 19.4. The van der Waals surface area contributed by atoms with Crippen molar-refractivity contribution < 1.29 is 46.1 Å². The summed E-state index contributed by atoms with van der Waals surface area (Å²) >= 11 is 0. The molecular formula is C25H31F6N7O4. The summed E-state index contributed by atoms with van der Waals surface area (Å²) in [6, 6.07) is 11.2. The molecule has 1 aliphatic heterocycles. The maximum atomic E-state index is 10.6. The second-order valence-electron chi connectivity index (χ2n) is 9.94. The predicted octanol–water partition coefficient (Wildman–Crippen LogP) is 3.82. The number of alkyl halides is 6. The summed E-state index contributed by atoms with van der Waals surface area (Å²) in [5, 5.41) is 27.1. The molecule has 4 rings (SSSR count). The van der Waals surface area contributed by atoms with E-state index >= 15 is 0 Å². The molecule has 232 valence electrons. The standard InChI is InChI=1S/C21H29N7.2C2HF3O2/c1-21(2,22)20-16-28(25-24-20)19-7-11-26(12-8-19)14-17-5-3-6-18(13-17)15-27-10-4-9-23-27;2*3-2(4,5)1(6)7/h3-6,9-10,13,16,19H,7-8,11-12,14-15,22H2,1-2H3;2*(H,6,7). The molecule has 0 saturated carbocycles. The Morgan fingerprint density at radius 1 is 0.952 bits per heavy atom. The lowest BCUT2D eigenvalue weighted by molar-refractivity contribution is -0.193. The number of hydrogen-bond acceptors (Lipinski definition) is 7. The molecule has 0 unspecified atom stereocenters. The molecule has 17 heteroatoms. The minimum Gasteiger partial charge on any atom is -0.475 e. The average molecular weight is 608 g/mol. The fourth-order valence-corrected chi connectivity index (χ4v) is 3.76. The summed E-state index contributed by atoms with van der Waals surface area (Å²) in [6.07, 6.45) is -2.17. The number of halogens is 6. The van der Waals surface area contributed by atoms with Gasteiger partial charge in [-0.25, -0.2) is 14.3 Å². The van der Waals surface area contributed by atoms with Gasteiger partial charge in [0, 0.05) is 32.0 Å². The number of aromatic nitrogens is 5. The van der Waals surface area contributed by atoms with Crippen LogP contribution >= 0.6 is 0 Å². The average Bonchev–Trinajstić information content (AvgIpc) is 3.57. The highest BCUT2D eigenvalue weighted by Gasteiger charge is 2.38. The molecule has 0 spiro atoms. The van der Waals surface area contributed by atoms with E-state index in [1.165, 1.54) is 11.1 Å². The van der Waals surface area contributed by atoms with E-state index in [0.29, 0.717) is 6.04 Å². The Bertz CT molecular complexity index is 1260. The number of nitrogens with two attached hydrogens (primary N) is 1. The maximum Gasteiger partial charge on any atom is 0.490 e. The molecule has 3 aromatic rings. The van der Waals surface area contributed by atoms with Crippen LogP contribution in [0.5, 0.6) is 0 Å².